The SMILES string of the molecule is CCC1C(CC)C1OC(=O)C1CO1. The van der Waals surface area contributed by atoms with Gasteiger partial charge in [-0.1, -0.05) is 13.8 Å². The predicted octanol–water partition coefficient (Wildman–Crippen LogP) is 1.36. The number of rotatable bonds is 4. The van der Waals surface area contributed by atoms with Crippen molar-refractivity contribution >= 4 is 5.97 Å². The molecule has 2 fully saturated rings. The second kappa shape index (κ2) is 3.29. The van der Waals surface area contributed by atoms with E-state index in [1.54, 1.807) is 0 Å². The Morgan fingerprint density at radius 1 is 1.38 bits per heavy atom. The van der Waals surface area contributed by atoms with Gasteiger partial charge in [0.1, 0.15) is 6.10 Å². The Morgan fingerprint density at radius 3 is 2.31 bits per heavy atom. The van der Waals surface area contributed by atoms with Gasteiger partial charge >= 0.3 is 5.97 Å². The van der Waals surface area contributed by atoms with Gasteiger partial charge in [0.15, 0.2) is 6.10 Å². The molecule has 74 valence electrons. The first-order valence-electron chi connectivity index (χ1n) is 5.10. The zero-order valence-corrected chi connectivity index (χ0v) is 8.16. The molecular formula is C10H16O3. The molecule has 0 aromatic rings. The van der Waals surface area contributed by atoms with E-state index in [2.05, 4.69) is 13.8 Å². The van der Waals surface area contributed by atoms with Gasteiger partial charge in [-0.2, -0.15) is 0 Å². The molecule has 2 rings (SSSR count). The summed E-state index contributed by atoms with van der Waals surface area (Å²) in [6, 6.07) is 0. The van der Waals surface area contributed by atoms with Crippen LogP contribution in [0.2, 0.25) is 0 Å². The molecule has 0 spiro atoms. The minimum Gasteiger partial charge on any atom is -0.460 e. The molecule has 13 heavy (non-hydrogen) atoms. The summed E-state index contributed by atoms with van der Waals surface area (Å²) in [6.07, 6.45) is 2.17. The average Bonchev–Trinajstić information content (AvgIpc) is 2.99. The quantitative estimate of drug-likeness (QED) is 0.489. The minimum atomic E-state index is -0.240. The van der Waals surface area contributed by atoms with Gasteiger partial charge in [0.2, 0.25) is 0 Å². The number of hydrogen-bond acceptors (Lipinski definition) is 3. The van der Waals surface area contributed by atoms with E-state index < -0.39 is 0 Å². The Hall–Kier alpha value is -0.570. The highest BCUT2D eigenvalue weighted by molar-refractivity contribution is 5.77. The summed E-state index contributed by atoms with van der Waals surface area (Å²) in [7, 11) is 0. The second-order valence-corrected chi connectivity index (χ2v) is 3.87. The number of epoxide rings is 1. The summed E-state index contributed by atoms with van der Waals surface area (Å²) >= 11 is 0. The maximum absolute atomic E-state index is 11.2. The third kappa shape index (κ3) is 1.70. The van der Waals surface area contributed by atoms with E-state index in [0.29, 0.717) is 18.4 Å². The molecule has 1 heterocycles. The van der Waals surface area contributed by atoms with Crippen molar-refractivity contribution in [2.45, 2.75) is 38.9 Å². The van der Waals surface area contributed by atoms with Crippen LogP contribution in [0.1, 0.15) is 26.7 Å². The normalized spacial score (nSPS) is 41.4. The van der Waals surface area contributed by atoms with Crippen LogP contribution in [-0.2, 0) is 14.3 Å². The molecular weight excluding hydrogens is 168 g/mol. The molecule has 0 bridgehead atoms. The molecule has 0 N–H and O–H groups in total. The number of hydrogen-bond donors (Lipinski definition) is 0. The van der Waals surface area contributed by atoms with Gasteiger partial charge in [0, 0.05) is 11.8 Å². The van der Waals surface area contributed by atoms with Crippen LogP contribution >= 0.6 is 0 Å². The molecule has 0 aromatic heterocycles. The number of carbonyl (C=O) groups excluding carboxylic acids is 1. The fourth-order valence-corrected chi connectivity index (χ4v) is 2.05. The van der Waals surface area contributed by atoms with Crippen LogP contribution < -0.4 is 0 Å². The Balaban J connectivity index is 1.78. The van der Waals surface area contributed by atoms with Crippen molar-refractivity contribution < 1.29 is 14.3 Å². The number of carbonyl (C=O) groups is 1. The van der Waals surface area contributed by atoms with E-state index in [1.165, 1.54) is 0 Å². The lowest BCUT2D eigenvalue weighted by Crippen LogP contribution is -2.14. The third-order valence-electron chi connectivity index (χ3n) is 3.04. The van der Waals surface area contributed by atoms with Gasteiger partial charge < -0.3 is 9.47 Å². The second-order valence-electron chi connectivity index (χ2n) is 3.87. The molecule has 3 unspecified atom stereocenters. The lowest BCUT2D eigenvalue weighted by molar-refractivity contribution is -0.147. The van der Waals surface area contributed by atoms with Crippen molar-refractivity contribution in [3.05, 3.63) is 0 Å². The molecule has 2 aliphatic rings. The molecule has 1 aliphatic carbocycles. The first-order chi connectivity index (χ1) is 6.27. The van der Waals surface area contributed by atoms with Crippen LogP contribution in [-0.4, -0.2) is 24.8 Å². The van der Waals surface area contributed by atoms with Gasteiger partial charge in [-0.15, -0.1) is 0 Å². The van der Waals surface area contributed by atoms with Gasteiger partial charge in [-0.25, -0.2) is 4.79 Å². The average molecular weight is 184 g/mol. The standard InChI is InChI=1S/C10H16O3/c1-3-6-7(4-2)9(6)13-10(11)8-5-12-8/h6-9H,3-5H2,1-2H3. The Kier molecular flexibility index (Phi) is 2.28. The van der Waals surface area contributed by atoms with Gasteiger partial charge in [-0.3, -0.25) is 0 Å². The van der Waals surface area contributed by atoms with Crippen LogP contribution in [0.15, 0.2) is 0 Å². The lowest BCUT2D eigenvalue weighted by Gasteiger charge is -2.00. The lowest BCUT2D eigenvalue weighted by atomic mass is 10.2. The Morgan fingerprint density at radius 2 is 1.92 bits per heavy atom. The zero-order valence-electron chi connectivity index (χ0n) is 8.16. The maximum atomic E-state index is 11.2. The molecule has 3 nitrogen and oxygen atoms in total. The summed E-state index contributed by atoms with van der Waals surface area (Å²) in [4.78, 5) is 11.2. The topological polar surface area (TPSA) is 38.8 Å². The summed E-state index contributed by atoms with van der Waals surface area (Å²) in [5.74, 6) is 1.06. The Labute approximate surface area is 78.4 Å². The molecule has 1 aliphatic heterocycles. The van der Waals surface area contributed by atoms with Crippen LogP contribution in [0, 0.1) is 11.8 Å². The fourth-order valence-electron chi connectivity index (χ4n) is 2.05. The highest BCUT2D eigenvalue weighted by Crippen LogP contribution is 2.46. The van der Waals surface area contributed by atoms with E-state index in [1.807, 2.05) is 0 Å². The Bertz CT molecular complexity index is 200. The van der Waals surface area contributed by atoms with Crippen molar-refractivity contribution in [2.75, 3.05) is 6.61 Å². The van der Waals surface area contributed by atoms with Crippen molar-refractivity contribution in [3.63, 3.8) is 0 Å². The van der Waals surface area contributed by atoms with E-state index in [0.717, 1.165) is 12.8 Å². The maximum Gasteiger partial charge on any atom is 0.337 e. The van der Waals surface area contributed by atoms with E-state index in [4.69, 9.17) is 9.47 Å². The highest BCUT2D eigenvalue weighted by atomic mass is 16.6. The summed E-state index contributed by atoms with van der Waals surface area (Å²) in [5, 5.41) is 0. The molecule has 0 amide bonds. The van der Waals surface area contributed by atoms with Crippen molar-refractivity contribution in [1.29, 1.82) is 0 Å². The first-order valence-corrected chi connectivity index (χ1v) is 5.10. The zero-order chi connectivity index (χ0) is 9.42. The highest BCUT2D eigenvalue weighted by Gasteiger charge is 2.51. The summed E-state index contributed by atoms with van der Waals surface area (Å²) < 4.78 is 10.2. The van der Waals surface area contributed by atoms with Crippen LogP contribution in [0.25, 0.3) is 0 Å². The fraction of sp³-hybridized carbons (Fsp3) is 0.900. The van der Waals surface area contributed by atoms with Crippen molar-refractivity contribution in [1.82, 2.24) is 0 Å². The number of ether oxygens (including phenoxy) is 2. The minimum absolute atomic E-state index is 0.153. The van der Waals surface area contributed by atoms with Crippen molar-refractivity contribution in [3.8, 4) is 0 Å². The van der Waals surface area contributed by atoms with Crippen LogP contribution in [0.5, 0.6) is 0 Å². The smallest absolute Gasteiger partial charge is 0.337 e. The third-order valence-corrected chi connectivity index (χ3v) is 3.04. The molecule has 1 saturated heterocycles. The van der Waals surface area contributed by atoms with Crippen LogP contribution in [0.3, 0.4) is 0 Å². The van der Waals surface area contributed by atoms with Crippen molar-refractivity contribution in [2.24, 2.45) is 11.8 Å². The molecule has 1 saturated carbocycles. The molecule has 3 heteroatoms. The van der Waals surface area contributed by atoms with E-state index >= 15 is 0 Å². The van der Waals surface area contributed by atoms with Crippen LogP contribution in [0.4, 0.5) is 0 Å². The van der Waals surface area contributed by atoms with E-state index in [-0.39, 0.29) is 18.2 Å². The largest absolute Gasteiger partial charge is 0.460 e. The van der Waals surface area contributed by atoms with Gasteiger partial charge in [-0.05, 0) is 12.8 Å². The molecule has 0 radical (unpaired) electrons. The summed E-state index contributed by atoms with van der Waals surface area (Å²) in [5.41, 5.74) is 0. The first kappa shape index (κ1) is 9.00. The molecule has 0 aromatic carbocycles. The number of esters is 1. The van der Waals surface area contributed by atoms with E-state index in [9.17, 15) is 4.79 Å². The summed E-state index contributed by atoms with van der Waals surface area (Å²) in [6.45, 7) is 4.85. The monoisotopic (exact) mass is 184 g/mol. The van der Waals surface area contributed by atoms with Gasteiger partial charge in [0.05, 0.1) is 6.61 Å². The predicted molar refractivity (Wildman–Crippen MR) is 47.2 cm³/mol. The van der Waals surface area contributed by atoms with Gasteiger partial charge in [0.25, 0.3) is 0 Å². The molecule has 3 atom stereocenters.